The van der Waals surface area contributed by atoms with Gasteiger partial charge >= 0.3 is 0 Å². The molecule has 3 aliphatic rings. The molecule has 6 nitrogen and oxygen atoms in total. The van der Waals surface area contributed by atoms with Crippen LogP contribution in [0.25, 0.3) is 0 Å². The first-order valence-corrected chi connectivity index (χ1v) is 11.1. The minimum atomic E-state index is -0.275. The normalized spacial score (nSPS) is 26.4. The predicted molar refractivity (Wildman–Crippen MR) is 108 cm³/mol. The second-order valence-electron chi connectivity index (χ2n) is 8.68. The third-order valence-electron chi connectivity index (χ3n) is 6.38. The Morgan fingerprint density at radius 2 is 1.70 bits per heavy atom. The van der Waals surface area contributed by atoms with E-state index in [4.69, 9.17) is 18.7 Å². The Morgan fingerprint density at radius 1 is 1.00 bits per heavy atom. The van der Waals surface area contributed by atoms with Crippen molar-refractivity contribution in [2.45, 2.75) is 62.9 Å². The molecule has 5 rings (SSSR count). The number of rotatable bonds is 5. The van der Waals surface area contributed by atoms with Gasteiger partial charge in [0.25, 0.3) is 0 Å². The lowest BCUT2D eigenvalue weighted by Crippen LogP contribution is -2.29. The summed E-state index contributed by atoms with van der Waals surface area (Å²) in [6, 6.07) is 8.18. The second kappa shape index (κ2) is 9.04. The third-order valence-corrected chi connectivity index (χ3v) is 6.38. The summed E-state index contributed by atoms with van der Waals surface area (Å²) in [7, 11) is 0. The van der Waals surface area contributed by atoms with Gasteiger partial charge in [0.15, 0.2) is 5.76 Å². The number of nitrogens with zero attached hydrogens (tertiary/aromatic N) is 2. The van der Waals surface area contributed by atoms with Crippen molar-refractivity contribution >= 4 is 0 Å². The van der Waals surface area contributed by atoms with Crippen molar-refractivity contribution < 1.29 is 23.1 Å². The molecular formula is C23H29FN2O4. The first-order chi connectivity index (χ1) is 14.7. The van der Waals surface area contributed by atoms with Crippen LogP contribution in [0.2, 0.25) is 0 Å². The average molecular weight is 416 g/mol. The fraction of sp³-hybridized carbons (Fsp3) is 0.609. The van der Waals surface area contributed by atoms with E-state index in [0.717, 1.165) is 31.1 Å². The number of benzene rings is 1. The van der Waals surface area contributed by atoms with Crippen LogP contribution in [0.4, 0.5) is 4.39 Å². The van der Waals surface area contributed by atoms with Gasteiger partial charge in [0.1, 0.15) is 17.7 Å². The van der Waals surface area contributed by atoms with Crippen LogP contribution in [-0.4, -0.2) is 54.7 Å². The van der Waals surface area contributed by atoms with Gasteiger partial charge in [0.2, 0.25) is 0 Å². The standard InChI is InChI=1S/C23H29FN2O4/c24-17-6-8-18(9-7-17)29-20-14-27-22-12-26(13-23(22)28-15-20)11-19-10-21(25-30-19)16-4-2-1-3-5-16/h6-10,16,20,22-23H,1-5,11-15H2/t22-,23-/m0/s1. The zero-order valence-electron chi connectivity index (χ0n) is 17.2. The molecule has 1 saturated carbocycles. The monoisotopic (exact) mass is 416 g/mol. The number of aromatic nitrogens is 1. The van der Waals surface area contributed by atoms with Crippen LogP contribution in [0.3, 0.4) is 0 Å². The van der Waals surface area contributed by atoms with Crippen LogP contribution in [0.15, 0.2) is 34.9 Å². The Morgan fingerprint density at radius 3 is 2.40 bits per heavy atom. The number of ether oxygens (including phenoxy) is 3. The van der Waals surface area contributed by atoms with E-state index in [1.54, 1.807) is 12.1 Å². The van der Waals surface area contributed by atoms with E-state index < -0.39 is 0 Å². The number of likely N-dealkylation sites (tertiary alicyclic amines) is 1. The summed E-state index contributed by atoms with van der Waals surface area (Å²) in [6.07, 6.45) is 6.23. The van der Waals surface area contributed by atoms with Crippen molar-refractivity contribution in [1.82, 2.24) is 10.1 Å². The Bertz CT molecular complexity index is 805. The fourth-order valence-electron chi connectivity index (χ4n) is 4.77. The highest BCUT2D eigenvalue weighted by Gasteiger charge is 2.38. The molecule has 3 heterocycles. The molecule has 1 aliphatic carbocycles. The van der Waals surface area contributed by atoms with Crippen molar-refractivity contribution in [1.29, 1.82) is 0 Å². The smallest absolute Gasteiger partial charge is 0.150 e. The predicted octanol–water partition coefficient (Wildman–Crippen LogP) is 3.91. The molecule has 2 saturated heterocycles. The van der Waals surface area contributed by atoms with Crippen LogP contribution in [-0.2, 0) is 16.0 Å². The molecule has 0 bridgehead atoms. The Balaban J connectivity index is 1.12. The highest BCUT2D eigenvalue weighted by atomic mass is 19.1. The second-order valence-corrected chi connectivity index (χ2v) is 8.68. The number of hydrogen-bond acceptors (Lipinski definition) is 6. The summed E-state index contributed by atoms with van der Waals surface area (Å²) in [5.41, 5.74) is 1.12. The van der Waals surface area contributed by atoms with Crippen LogP contribution in [0, 0.1) is 5.82 Å². The molecule has 0 radical (unpaired) electrons. The fourth-order valence-corrected chi connectivity index (χ4v) is 4.77. The van der Waals surface area contributed by atoms with E-state index in [1.807, 2.05) is 0 Å². The number of fused-ring (bicyclic) bond motifs is 1. The first kappa shape index (κ1) is 20.0. The van der Waals surface area contributed by atoms with Crippen molar-refractivity contribution in [3.8, 4) is 5.75 Å². The van der Waals surface area contributed by atoms with Gasteiger partial charge in [-0.25, -0.2) is 4.39 Å². The lowest BCUT2D eigenvalue weighted by Gasteiger charge is -2.19. The van der Waals surface area contributed by atoms with Gasteiger partial charge in [-0.3, -0.25) is 4.90 Å². The summed E-state index contributed by atoms with van der Waals surface area (Å²) < 4.78 is 36.8. The molecule has 1 aromatic carbocycles. The summed E-state index contributed by atoms with van der Waals surface area (Å²) in [5.74, 6) is 1.83. The number of halogens is 1. The molecule has 3 fully saturated rings. The van der Waals surface area contributed by atoms with E-state index in [0.29, 0.717) is 24.9 Å². The third kappa shape index (κ3) is 4.68. The number of hydrogen-bond donors (Lipinski definition) is 0. The minimum Gasteiger partial charge on any atom is -0.486 e. The molecule has 0 unspecified atom stereocenters. The van der Waals surface area contributed by atoms with Crippen LogP contribution in [0.1, 0.15) is 49.5 Å². The summed E-state index contributed by atoms with van der Waals surface area (Å²) in [5, 5.41) is 4.34. The van der Waals surface area contributed by atoms with Crippen LogP contribution >= 0.6 is 0 Å². The van der Waals surface area contributed by atoms with Crippen molar-refractivity contribution in [2.75, 3.05) is 26.3 Å². The molecule has 30 heavy (non-hydrogen) atoms. The van der Waals surface area contributed by atoms with Gasteiger partial charge in [0.05, 0.1) is 37.7 Å². The topological polar surface area (TPSA) is 57.0 Å². The Labute approximate surface area is 176 Å². The van der Waals surface area contributed by atoms with E-state index in [1.165, 1.54) is 44.2 Å². The maximum absolute atomic E-state index is 13.1. The highest BCUT2D eigenvalue weighted by molar-refractivity contribution is 5.22. The lowest BCUT2D eigenvalue weighted by atomic mass is 9.87. The summed E-state index contributed by atoms with van der Waals surface area (Å²) in [6.45, 7) is 3.25. The SMILES string of the molecule is Fc1ccc(OC2CO[C@H]3CN(Cc4cc(C5CCCCC5)no4)C[C@@H]3OC2)cc1. The maximum Gasteiger partial charge on any atom is 0.150 e. The minimum absolute atomic E-state index is 0.0209. The molecule has 2 atom stereocenters. The summed E-state index contributed by atoms with van der Waals surface area (Å²) in [4.78, 5) is 2.31. The van der Waals surface area contributed by atoms with Crippen molar-refractivity contribution in [2.24, 2.45) is 0 Å². The molecule has 1 aromatic heterocycles. The van der Waals surface area contributed by atoms with E-state index in [9.17, 15) is 4.39 Å². The first-order valence-electron chi connectivity index (χ1n) is 11.1. The van der Waals surface area contributed by atoms with Crippen molar-refractivity contribution in [3.63, 3.8) is 0 Å². The molecule has 0 spiro atoms. The molecule has 0 N–H and O–H groups in total. The van der Waals surface area contributed by atoms with Gasteiger partial charge in [0, 0.05) is 25.1 Å². The highest BCUT2D eigenvalue weighted by Crippen LogP contribution is 2.32. The van der Waals surface area contributed by atoms with Gasteiger partial charge in [-0.1, -0.05) is 24.4 Å². The molecule has 0 amide bonds. The molecule has 162 valence electrons. The summed E-state index contributed by atoms with van der Waals surface area (Å²) >= 11 is 0. The quantitative estimate of drug-likeness (QED) is 0.737. The average Bonchev–Trinajstić information content (AvgIpc) is 3.35. The Hall–Kier alpha value is -1.96. The zero-order valence-corrected chi connectivity index (χ0v) is 17.2. The largest absolute Gasteiger partial charge is 0.486 e. The molecule has 2 aliphatic heterocycles. The Kier molecular flexibility index (Phi) is 6.02. The van der Waals surface area contributed by atoms with Gasteiger partial charge in [-0.2, -0.15) is 0 Å². The molecule has 2 aromatic rings. The lowest BCUT2D eigenvalue weighted by molar-refractivity contribution is -0.00461. The maximum atomic E-state index is 13.1. The van der Waals surface area contributed by atoms with Gasteiger partial charge < -0.3 is 18.7 Å². The molecular weight excluding hydrogens is 387 g/mol. The van der Waals surface area contributed by atoms with Crippen molar-refractivity contribution in [3.05, 3.63) is 47.6 Å². The van der Waals surface area contributed by atoms with E-state index >= 15 is 0 Å². The van der Waals surface area contributed by atoms with E-state index in [-0.39, 0.29) is 24.1 Å². The van der Waals surface area contributed by atoms with Gasteiger partial charge in [-0.05, 0) is 37.1 Å². The zero-order chi connectivity index (χ0) is 20.3. The van der Waals surface area contributed by atoms with E-state index in [2.05, 4.69) is 16.1 Å². The van der Waals surface area contributed by atoms with Gasteiger partial charge in [-0.15, -0.1) is 0 Å². The van der Waals surface area contributed by atoms with Crippen LogP contribution in [0.5, 0.6) is 5.75 Å². The molecule has 7 heteroatoms. The van der Waals surface area contributed by atoms with Crippen LogP contribution < -0.4 is 4.74 Å².